The number of H-pyrrole nitrogens is 1. The minimum Gasteiger partial charge on any atom is -0.338 e. The molecule has 2 nitrogen and oxygen atoms in total. The molecule has 2 aromatic rings. The third kappa shape index (κ3) is 2.64. The van der Waals surface area contributed by atoms with Gasteiger partial charge in [-0.3, -0.25) is 0 Å². The zero-order chi connectivity index (χ0) is 11.8. The van der Waals surface area contributed by atoms with Crippen LogP contribution in [0.15, 0.2) is 30.5 Å². The number of hydrogen-bond acceptors (Lipinski definition) is 1. The monoisotopic (exact) mass is 294 g/mol. The maximum atomic E-state index is 5.79. The second-order valence-electron chi connectivity index (χ2n) is 3.15. The Hall–Kier alpha value is -0.410. The summed E-state index contributed by atoms with van der Waals surface area (Å²) in [7, 11) is 0. The van der Waals surface area contributed by atoms with Gasteiger partial charge in [0.1, 0.15) is 0 Å². The summed E-state index contributed by atoms with van der Waals surface area (Å²) in [6.07, 6.45) is 1.61. The van der Waals surface area contributed by atoms with Gasteiger partial charge in [-0.15, -0.1) is 0 Å². The van der Waals surface area contributed by atoms with Gasteiger partial charge in [0.05, 0.1) is 11.9 Å². The van der Waals surface area contributed by atoms with Crippen LogP contribution in [0.1, 0.15) is 5.82 Å². The lowest BCUT2D eigenvalue weighted by molar-refractivity contribution is 1.03. The van der Waals surface area contributed by atoms with Gasteiger partial charge in [0, 0.05) is 5.02 Å². The fraction of sp³-hybridized carbons (Fsp3) is 0.100. The van der Waals surface area contributed by atoms with Crippen molar-refractivity contribution in [3.8, 4) is 11.3 Å². The van der Waals surface area contributed by atoms with Crippen molar-refractivity contribution in [2.45, 2.75) is 3.79 Å². The molecule has 2 rings (SSSR count). The molecule has 0 aliphatic rings. The average molecular weight is 296 g/mol. The Labute approximate surface area is 112 Å². The van der Waals surface area contributed by atoms with Crippen molar-refractivity contribution in [2.75, 3.05) is 0 Å². The summed E-state index contributed by atoms with van der Waals surface area (Å²) in [4.78, 5) is 6.94. The third-order valence-electron chi connectivity index (χ3n) is 2.00. The molecule has 0 atom stereocenters. The molecule has 1 heterocycles. The standard InChI is InChI=1S/C10H6Cl4N2/c11-7-3-1-6(2-4-7)8-5-15-9(16-8)10(12,13)14/h1-5H,(H,15,16). The molecule has 0 aliphatic carbocycles. The molecule has 1 N–H and O–H groups in total. The Bertz CT molecular complexity index is 484. The normalized spacial score (nSPS) is 11.8. The molecule has 0 amide bonds. The molecule has 16 heavy (non-hydrogen) atoms. The smallest absolute Gasteiger partial charge is 0.248 e. The molecule has 0 aliphatic heterocycles. The molecule has 6 heteroatoms. The number of imidazole rings is 1. The molecule has 0 unspecified atom stereocenters. The maximum absolute atomic E-state index is 5.79. The minimum absolute atomic E-state index is 0.294. The van der Waals surface area contributed by atoms with Crippen molar-refractivity contribution < 1.29 is 0 Å². The topological polar surface area (TPSA) is 28.7 Å². The van der Waals surface area contributed by atoms with E-state index in [-0.39, 0.29) is 0 Å². The van der Waals surface area contributed by atoms with Crippen LogP contribution in [0.25, 0.3) is 11.3 Å². The number of rotatable bonds is 1. The van der Waals surface area contributed by atoms with E-state index in [1.165, 1.54) is 0 Å². The SMILES string of the molecule is Clc1ccc(-c2cnc(C(Cl)(Cl)Cl)[nH]2)cc1. The highest BCUT2D eigenvalue weighted by Gasteiger charge is 2.26. The van der Waals surface area contributed by atoms with Gasteiger partial charge in [-0.05, 0) is 17.7 Å². The van der Waals surface area contributed by atoms with Crippen molar-refractivity contribution in [3.63, 3.8) is 0 Å². The lowest BCUT2D eigenvalue weighted by atomic mass is 10.2. The fourth-order valence-electron chi connectivity index (χ4n) is 1.24. The Balaban J connectivity index is 2.35. The van der Waals surface area contributed by atoms with Gasteiger partial charge < -0.3 is 4.98 Å². The average Bonchev–Trinajstić information content (AvgIpc) is 2.67. The summed E-state index contributed by atoms with van der Waals surface area (Å²) < 4.78 is -1.54. The second kappa shape index (κ2) is 4.46. The number of alkyl halides is 3. The Morgan fingerprint density at radius 3 is 2.19 bits per heavy atom. The highest BCUT2D eigenvalue weighted by atomic mass is 35.6. The van der Waals surface area contributed by atoms with E-state index in [0.29, 0.717) is 10.8 Å². The van der Waals surface area contributed by atoms with Crippen LogP contribution in [0.2, 0.25) is 5.02 Å². The van der Waals surface area contributed by atoms with Crippen LogP contribution in [0, 0.1) is 0 Å². The van der Waals surface area contributed by atoms with Crippen molar-refractivity contribution in [1.82, 2.24) is 9.97 Å². The summed E-state index contributed by atoms with van der Waals surface area (Å²) in [5.74, 6) is 0.294. The summed E-state index contributed by atoms with van der Waals surface area (Å²) in [6, 6.07) is 7.29. The minimum atomic E-state index is -1.54. The molecule has 0 radical (unpaired) electrons. The number of benzene rings is 1. The Kier molecular flexibility index (Phi) is 3.36. The molecule has 0 saturated heterocycles. The predicted octanol–water partition coefficient (Wildman–Crippen LogP) is 4.56. The maximum Gasteiger partial charge on any atom is 0.248 e. The lowest BCUT2D eigenvalue weighted by Gasteiger charge is -2.05. The van der Waals surface area contributed by atoms with Gasteiger partial charge >= 0.3 is 0 Å². The molecule has 0 bridgehead atoms. The quantitative estimate of drug-likeness (QED) is 0.768. The van der Waals surface area contributed by atoms with Crippen LogP contribution in [0.3, 0.4) is 0 Å². The molecule has 0 spiro atoms. The van der Waals surface area contributed by atoms with E-state index in [9.17, 15) is 0 Å². The van der Waals surface area contributed by atoms with E-state index in [2.05, 4.69) is 9.97 Å². The predicted molar refractivity (Wildman–Crippen MR) is 68.3 cm³/mol. The van der Waals surface area contributed by atoms with Gasteiger partial charge in [-0.1, -0.05) is 58.5 Å². The van der Waals surface area contributed by atoms with Gasteiger partial charge in [0.15, 0.2) is 5.82 Å². The van der Waals surface area contributed by atoms with E-state index in [4.69, 9.17) is 46.4 Å². The van der Waals surface area contributed by atoms with Crippen LogP contribution in [0.4, 0.5) is 0 Å². The number of aromatic amines is 1. The molecule has 1 aromatic carbocycles. The van der Waals surface area contributed by atoms with Crippen LogP contribution >= 0.6 is 46.4 Å². The summed E-state index contributed by atoms with van der Waals surface area (Å²) in [5.41, 5.74) is 1.70. The van der Waals surface area contributed by atoms with Crippen LogP contribution < -0.4 is 0 Å². The van der Waals surface area contributed by atoms with Gasteiger partial charge in [0.2, 0.25) is 3.79 Å². The van der Waals surface area contributed by atoms with Crippen LogP contribution in [0.5, 0.6) is 0 Å². The highest BCUT2D eigenvalue weighted by molar-refractivity contribution is 6.66. The first-order valence-electron chi connectivity index (χ1n) is 4.35. The zero-order valence-electron chi connectivity index (χ0n) is 7.85. The summed E-state index contributed by atoms with van der Waals surface area (Å²) in [6.45, 7) is 0. The molecule has 0 saturated carbocycles. The van der Waals surface area contributed by atoms with Gasteiger partial charge in [-0.25, -0.2) is 4.98 Å². The van der Waals surface area contributed by atoms with E-state index in [1.54, 1.807) is 18.3 Å². The second-order valence-corrected chi connectivity index (χ2v) is 5.87. The van der Waals surface area contributed by atoms with Crippen molar-refractivity contribution >= 4 is 46.4 Å². The summed E-state index contributed by atoms with van der Waals surface area (Å²) >= 11 is 22.9. The zero-order valence-corrected chi connectivity index (χ0v) is 10.9. The highest BCUT2D eigenvalue weighted by Crippen LogP contribution is 2.36. The van der Waals surface area contributed by atoms with Crippen molar-refractivity contribution in [2.24, 2.45) is 0 Å². The number of nitrogens with one attached hydrogen (secondary N) is 1. The number of hydrogen-bond donors (Lipinski definition) is 1. The Morgan fingerprint density at radius 2 is 1.69 bits per heavy atom. The van der Waals surface area contributed by atoms with Gasteiger partial charge in [-0.2, -0.15) is 0 Å². The molecule has 84 valence electrons. The largest absolute Gasteiger partial charge is 0.338 e. The molecule has 0 fully saturated rings. The Morgan fingerprint density at radius 1 is 1.06 bits per heavy atom. The van der Waals surface area contributed by atoms with E-state index >= 15 is 0 Å². The first-order valence-corrected chi connectivity index (χ1v) is 5.86. The van der Waals surface area contributed by atoms with Crippen LogP contribution in [-0.4, -0.2) is 9.97 Å². The molecular formula is C10H6Cl4N2. The fourth-order valence-corrected chi connectivity index (χ4v) is 1.66. The first kappa shape index (κ1) is 12.1. The summed E-state index contributed by atoms with van der Waals surface area (Å²) in [5, 5.41) is 0.671. The van der Waals surface area contributed by atoms with E-state index < -0.39 is 3.79 Å². The molecular weight excluding hydrogens is 290 g/mol. The van der Waals surface area contributed by atoms with Crippen molar-refractivity contribution in [1.29, 1.82) is 0 Å². The van der Waals surface area contributed by atoms with Crippen molar-refractivity contribution in [3.05, 3.63) is 41.3 Å². The molecule has 1 aromatic heterocycles. The number of nitrogens with zero attached hydrogens (tertiary/aromatic N) is 1. The first-order chi connectivity index (χ1) is 7.47. The number of aromatic nitrogens is 2. The lowest BCUT2D eigenvalue weighted by Crippen LogP contribution is -2.02. The van der Waals surface area contributed by atoms with Crippen LogP contribution in [-0.2, 0) is 3.79 Å². The third-order valence-corrected chi connectivity index (χ3v) is 2.79. The number of halogens is 4. The van der Waals surface area contributed by atoms with E-state index in [0.717, 1.165) is 11.3 Å². The van der Waals surface area contributed by atoms with Gasteiger partial charge in [0.25, 0.3) is 0 Å². The van der Waals surface area contributed by atoms with E-state index in [1.807, 2.05) is 12.1 Å².